The van der Waals surface area contributed by atoms with E-state index in [1.165, 1.54) is 0 Å². The number of hydrogen-bond acceptors (Lipinski definition) is 4. The van der Waals surface area contributed by atoms with Gasteiger partial charge in [0.05, 0.1) is 31.5 Å². The molecule has 0 aliphatic rings. The molecule has 0 aliphatic carbocycles. The fourth-order valence-corrected chi connectivity index (χ4v) is 1.79. The highest BCUT2D eigenvalue weighted by Gasteiger charge is 2.06. The van der Waals surface area contributed by atoms with Crippen LogP contribution < -0.4 is 5.32 Å². The topological polar surface area (TPSA) is 76.4 Å². The second kappa shape index (κ2) is 6.72. The van der Waals surface area contributed by atoms with Crippen molar-refractivity contribution in [2.75, 3.05) is 19.0 Å². The summed E-state index contributed by atoms with van der Waals surface area (Å²) in [4.78, 5) is 11.9. The number of aromatic nitrogens is 2. The first-order valence-electron chi connectivity index (χ1n) is 6.26. The van der Waals surface area contributed by atoms with E-state index in [0.717, 1.165) is 5.56 Å². The van der Waals surface area contributed by atoms with Crippen molar-refractivity contribution in [2.24, 2.45) is 0 Å². The SMILES string of the molecule is COCCn1cc(NC(=O)Cc2cccc(O)c2)cn1. The number of rotatable bonds is 6. The Morgan fingerprint density at radius 3 is 3.10 bits per heavy atom. The minimum absolute atomic E-state index is 0.151. The zero-order valence-corrected chi connectivity index (χ0v) is 11.2. The third kappa shape index (κ3) is 4.10. The van der Waals surface area contributed by atoms with Gasteiger partial charge in [-0.05, 0) is 17.7 Å². The number of ether oxygens (including phenoxy) is 1. The van der Waals surface area contributed by atoms with Crippen LogP contribution in [-0.4, -0.2) is 34.5 Å². The summed E-state index contributed by atoms with van der Waals surface area (Å²) < 4.78 is 6.66. The van der Waals surface area contributed by atoms with E-state index in [9.17, 15) is 9.90 Å². The van der Waals surface area contributed by atoms with Crippen LogP contribution in [0.3, 0.4) is 0 Å². The average molecular weight is 275 g/mol. The number of benzene rings is 1. The van der Waals surface area contributed by atoms with Gasteiger partial charge < -0.3 is 15.2 Å². The molecule has 1 aromatic carbocycles. The Balaban J connectivity index is 1.89. The number of nitrogens with one attached hydrogen (secondary N) is 1. The van der Waals surface area contributed by atoms with Crippen molar-refractivity contribution >= 4 is 11.6 Å². The van der Waals surface area contributed by atoms with Crippen molar-refractivity contribution in [2.45, 2.75) is 13.0 Å². The summed E-state index contributed by atoms with van der Waals surface area (Å²) in [7, 11) is 1.63. The molecule has 6 heteroatoms. The second-order valence-corrected chi connectivity index (χ2v) is 4.38. The first kappa shape index (κ1) is 14.1. The Morgan fingerprint density at radius 2 is 2.35 bits per heavy atom. The van der Waals surface area contributed by atoms with Crippen molar-refractivity contribution in [1.29, 1.82) is 0 Å². The quantitative estimate of drug-likeness (QED) is 0.836. The van der Waals surface area contributed by atoms with Gasteiger partial charge in [0.15, 0.2) is 0 Å². The average Bonchev–Trinajstić information content (AvgIpc) is 2.83. The number of nitrogens with zero attached hydrogens (tertiary/aromatic N) is 2. The molecule has 0 saturated carbocycles. The fourth-order valence-electron chi connectivity index (χ4n) is 1.79. The third-order valence-electron chi connectivity index (χ3n) is 2.72. The highest BCUT2D eigenvalue weighted by molar-refractivity contribution is 5.92. The molecule has 106 valence electrons. The maximum absolute atomic E-state index is 11.9. The molecule has 6 nitrogen and oxygen atoms in total. The van der Waals surface area contributed by atoms with Crippen molar-refractivity contribution in [3.63, 3.8) is 0 Å². The molecular formula is C14H17N3O3. The molecule has 0 saturated heterocycles. The fraction of sp³-hybridized carbons (Fsp3) is 0.286. The van der Waals surface area contributed by atoms with Crippen molar-refractivity contribution in [3.05, 3.63) is 42.2 Å². The Morgan fingerprint density at radius 1 is 1.50 bits per heavy atom. The number of carbonyl (C=O) groups is 1. The Bertz CT molecular complexity index is 581. The molecule has 2 aromatic rings. The van der Waals surface area contributed by atoms with Crippen LogP contribution in [0.4, 0.5) is 5.69 Å². The van der Waals surface area contributed by atoms with Gasteiger partial charge in [0.1, 0.15) is 5.75 Å². The number of anilines is 1. The summed E-state index contributed by atoms with van der Waals surface area (Å²) in [5.74, 6) is 0.00424. The maximum Gasteiger partial charge on any atom is 0.228 e. The van der Waals surface area contributed by atoms with Gasteiger partial charge in [0.25, 0.3) is 0 Å². The van der Waals surface area contributed by atoms with Crippen LogP contribution in [0.25, 0.3) is 0 Å². The molecule has 1 aromatic heterocycles. The predicted octanol–water partition coefficient (Wildman–Crippen LogP) is 1.42. The van der Waals surface area contributed by atoms with Crippen molar-refractivity contribution in [1.82, 2.24) is 9.78 Å². The van der Waals surface area contributed by atoms with E-state index < -0.39 is 0 Å². The molecule has 2 N–H and O–H groups in total. The van der Waals surface area contributed by atoms with Gasteiger partial charge in [-0.1, -0.05) is 12.1 Å². The molecule has 2 rings (SSSR count). The molecule has 0 fully saturated rings. The molecule has 0 aliphatic heterocycles. The Labute approximate surface area is 117 Å². The largest absolute Gasteiger partial charge is 0.508 e. The van der Waals surface area contributed by atoms with Crippen LogP contribution >= 0.6 is 0 Å². The molecule has 0 radical (unpaired) electrons. The monoisotopic (exact) mass is 275 g/mol. The van der Waals surface area contributed by atoms with Gasteiger partial charge in [-0.25, -0.2) is 0 Å². The van der Waals surface area contributed by atoms with Crippen LogP contribution in [0.5, 0.6) is 5.75 Å². The lowest BCUT2D eigenvalue weighted by Crippen LogP contribution is -2.14. The molecule has 1 heterocycles. The van der Waals surface area contributed by atoms with E-state index in [4.69, 9.17) is 4.74 Å². The lowest BCUT2D eigenvalue weighted by atomic mass is 10.1. The molecular weight excluding hydrogens is 258 g/mol. The Hall–Kier alpha value is -2.34. The highest BCUT2D eigenvalue weighted by atomic mass is 16.5. The minimum atomic E-state index is -0.151. The highest BCUT2D eigenvalue weighted by Crippen LogP contribution is 2.12. The summed E-state index contributed by atoms with van der Waals surface area (Å²) in [6.07, 6.45) is 3.55. The van der Waals surface area contributed by atoms with Gasteiger partial charge >= 0.3 is 0 Å². The first-order chi connectivity index (χ1) is 9.67. The summed E-state index contributed by atoms with van der Waals surface area (Å²) >= 11 is 0. The Kier molecular flexibility index (Phi) is 4.73. The number of hydrogen-bond donors (Lipinski definition) is 2. The standard InChI is InChI=1S/C14H17N3O3/c1-20-6-5-17-10-12(9-15-17)16-14(19)8-11-3-2-4-13(18)7-11/h2-4,7,9-10,18H,5-6,8H2,1H3,(H,16,19). The zero-order valence-electron chi connectivity index (χ0n) is 11.2. The normalized spacial score (nSPS) is 10.4. The maximum atomic E-state index is 11.9. The number of methoxy groups -OCH3 is 1. The number of aromatic hydroxyl groups is 1. The van der Waals surface area contributed by atoms with Gasteiger partial charge in [-0.2, -0.15) is 5.10 Å². The van der Waals surface area contributed by atoms with Gasteiger partial charge in [-0.15, -0.1) is 0 Å². The van der Waals surface area contributed by atoms with Crippen molar-refractivity contribution in [3.8, 4) is 5.75 Å². The molecule has 0 unspecified atom stereocenters. The third-order valence-corrected chi connectivity index (χ3v) is 2.72. The van der Waals surface area contributed by atoms with Crippen LogP contribution in [0.15, 0.2) is 36.7 Å². The summed E-state index contributed by atoms with van der Waals surface area (Å²) in [5, 5.41) is 16.2. The van der Waals surface area contributed by atoms with Crippen LogP contribution in [0, 0.1) is 0 Å². The number of phenols is 1. The van der Waals surface area contributed by atoms with E-state index in [0.29, 0.717) is 18.8 Å². The van der Waals surface area contributed by atoms with E-state index in [2.05, 4.69) is 10.4 Å². The molecule has 0 atom stereocenters. The van der Waals surface area contributed by atoms with E-state index in [1.807, 2.05) is 0 Å². The molecule has 0 bridgehead atoms. The zero-order chi connectivity index (χ0) is 14.4. The minimum Gasteiger partial charge on any atom is -0.508 e. The molecule has 20 heavy (non-hydrogen) atoms. The van der Waals surface area contributed by atoms with Crippen LogP contribution in [0.2, 0.25) is 0 Å². The summed E-state index contributed by atoms with van der Waals surface area (Å²) in [6, 6.07) is 6.64. The van der Waals surface area contributed by atoms with E-state index in [1.54, 1.807) is 48.5 Å². The number of carbonyl (C=O) groups excluding carboxylic acids is 1. The van der Waals surface area contributed by atoms with E-state index >= 15 is 0 Å². The van der Waals surface area contributed by atoms with Gasteiger partial charge in [0.2, 0.25) is 5.91 Å². The summed E-state index contributed by atoms with van der Waals surface area (Å²) in [6.45, 7) is 1.21. The first-order valence-corrected chi connectivity index (χ1v) is 6.26. The lowest BCUT2D eigenvalue weighted by Gasteiger charge is -2.03. The number of phenolic OH excluding ortho intramolecular Hbond substituents is 1. The smallest absolute Gasteiger partial charge is 0.228 e. The van der Waals surface area contributed by atoms with Gasteiger partial charge in [0, 0.05) is 13.3 Å². The molecule has 1 amide bonds. The van der Waals surface area contributed by atoms with Crippen molar-refractivity contribution < 1.29 is 14.6 Å². The van der Waals surface area contributed by atoms with Gasteiger partial charge in [-0.3, -0.25) is 9.48 Å². The number of amides is 1. The van der Waals surface area contributed by atoms with Crippen LogP contribution in [0.1, 0.15) is 5.56 Å². The predicted molar refractivity (Wildman–Crippen MR) is 74.5 cm³/mol. The van der Waals surface area contributed by atoms with Crippen LogP contribution in [-0.2, 0) is 22.5 Å². The van der Waals surface area contributed by atoms with E-state index in [-0.39, 0.29) is 18.1 Å². The molecule has 0 spiro atoms. The summed E-state index contributed by atoms with van der Waals surface area (Å²) in [5.41, 5.74) is 1.40. The second-order valence-electron chi connectivity index (χ2n) is 4.38. The lowest BCUT2D eigenvalue weighted by molar-refractivity contribution is -0.115.